The van der Waals surface area contributed by atoms with E-state index in [-0.39, 0.29) is 16.2 Å². The largest absolute Gasteiger partial charge is 0.454 e. The van der Waals surface area contributed by atoms with E-state index >= 15 is 0 Å². The number of hydrogen-bond donors (Lipinski definition) is 0. The zero-order valence-corrected chi connectivity index (χ0v) is 37.0. The molecule has 0 atom stereocenters. The van der Waals surface area contributed by atoms with Crippen molar-refractivity contribution < 1.29 is 4.42 Å². The van der Waals surface area contributed by atoms with Gasteiger partial charge in [-0.1, -0.05) is 164 Å². The van der Waals surface area contributed by atoms with Gasteiger partial charge in [-0.05, 0) is 123 Å². The lowest BCUT2D eigenvalue weighted by molar-refractivity contribution is 0.442. The molecule has 302 valence electrons. The highest BCUT2D eigenvalue weighted by atomic mass is 16.3. The lowest BCUT2D eigenvalue weighted by Crippen LogP contribution is -2.19. The molecule has 0 amide bonds. The Morgan fingerprint density at radius 3 is 1.93 bits per heavy atom. The van der Waals surface area contributed by atoms with E-state index in [1.165, 1.54) is 98.7 Å². The van der Waals surface area contributed by atoms with Gasteiger partial charge in [0, 0.05) is 44.6 Å². The minimum atomic E-state index is -0.177. The molecule has 1 aromatic heterocycles. The molecule has 0 N–H and O–H groups in total. The van der Waals surface area contributed by atoms with Gasteiger partial charge in [0.2, 0.25) is 0 Å². The van der Waals surface area contributed by atoms with E-state index in [4.69, 9.17) is 4.42 Å². The number of anilines is 3. The molecule has 2 heteroatoms. The Morgan fingerprint density at radius 1 is 0.590 bits per heavy atom. The first-order valence-electron chi connectivity index (χ1n) is 22.5. The maximum atomic E-state index is 7.12. The van der Waals surface area contributed by atoms with Gasteiger partial charge in [-0.25, -0.2) is 0 Å². The van der Waals surface area contributed by atoms with Gasteiger partial charge >= 0.3 is 0 Å². The molecule has 0 spiro atoms. The molecule has 1 fully saturated rings. The van der Waals surface area contributed by atoms with Gasteiger partial charge in [-0.3, -0.25) is 0 Å². The molecule has 1 saturated carbocycles. The molecule has 0 bridgehead atoms. The van der Waals surface area contributed by atoms with Crippen molar-refractivity contribution in [1.29, 1.82) is 0 Å². The number of benzene rings is 6. The summed E-state index contributed by atoms with van der Waals surface area (Å²) in [5.41, 5.74) is 21.8. The van der Waals surface area contributed by atoms with Crippen molar-refractivity contribution in [1.82, 2.24) is 0 Å². The highest BCUT2D eigenvalue weighted by Crippen LogP contribution is 2.55. The van der Waals surface area contributed by atoms with Crippen molar-refractivity contribution >= 4 is 39.0 Å². The monoisotopic (exact) mass is 793 g/mol. The van der Waals surface area contributed by atoms with Gasteiger partial charge in [-0.15, -0.1) is 0 Å². The Balaban J connectivity index is 1.13. The minimum Gasteiger partial charge on any atom is -0.454 e. The molecular formula is C59H55NO. The molecule has 3 aliphatic rings. The number of aryl methyl sites for hydroxylation is 1. The first-order valence-corrected chi connectivity index (χ1v) is 22.5. The second-order valence-electron chi connectivity index (χ2n) is 20.3. The zero-order chi connectivity index (χ0) is 42.0. The standard InChI is InChI=1S/C59H55NO/c1-36-24-31-54(49(32-36)48-22-15-21-47-46-20-14-19-41(55(46)61-56(47)48)37-16-10-9-11-17-37)60(39-26-29-44-42-18-12-13-23-50(42)58(5,6)52(44)34-39)40-27-30-45-43-28-25-38(57(2,3)4)33-51(43)59(7,8)53(45)35-40/h12-14,18-21,23-35,37H,9-11,16-17H2,1-8H3. The van der Waals surface area contributed by atoms with Crippen LogP contribution in [-0.4, -0.2) is 0 Å². The second-order valence-corrected chi connectivity index (χ2v) is 20.3. The Labute approximate surface area is 362 Å². The van der Waals surface area contributed by atoms with E-state index in [0.717, 1.165) is 44.7 Å². The van der Waals surface area contributed by atoms with Gasteiger partial charge in [0.1, 0.15) is 5.58 Å². The average molecular weight is 794 g/mol. The molecule has 0 saturated heterocycles. The number of hydrogen-bond acceptors (Lipinski definition) is 2. The molecule has 11 rings (SSSR count). The quantitative estimate of drug-likeness (QED) is 0.173. The average Bonchev–Trinajstić information content (AvgIpc) is 3.84. The Hall–Kier alpha value is -6.04. The van der Waals surface area contributed by atoms with Crippen LogP contribution in [0.1, 0.15) is 125 Å². The fourth-order valence-corrected chi connectivity index (χ4v) is 11.3. The van der Waals surface area contributed by atoms with Crippen LogP contribution < -0.4 is 4.90 Å². The molecule has 61 heavy (non-hydrogen) atoms. The summed E-state index contributed by atoms with van der Waals surface area (Å²) < 4.78 is 7.12. The van der Waals surface area contributed by atoms with Crippen molar-refractivity contribution in [3.8, 4) is 33.4 Å². The third-order valence-corrected chi connectivity index (χ3v) is 14.7. The van der Waals surface area contributed by atoms with Crippen molar-refractivity contribution in [3.05, 3.63) is 172 Å². The summed E-state index contributed by atoms with van der Waals surface area (Å²) >= 11 is 0. The van der Waals surface area contributed by atoms with Gasteiger partial charge < -0.3 is 9.32 Å². The summed E-state index contributed by atoms with van der Waals surface area (Å²) in [6.45, 7) is 18.7. The van der Waals surface area contributed by atoms with Crippen LogP contribution in [-0.2, 0) is 16.2 Å². The van der Waals surface area contributed by atoms with Gasteiger partial charge in [0.05, 0.1) is 11.3 Å². The third kappa shape index (κ3) is 5.77. The lowest BCUT2D eigenvalue weighted by atomic mass is 9.79. The molecule has 1 heterocycles. The van der Waals surface area contributed by atoms with Crippen LogP contribution in [0.15, 0.2) is 126 Å². The number of para-hydroxylation sites is 1. The summed E-state index contributed by atoms with van der Waals surface area (Å²) in [7, 11) is 0. The van der Waals surface area contributed by atoms with Crippen LogP contribution in [0.4, 0.5) is 17.1 Å². The van der Waals surface area contributed by atoms with Gasteiger partial charge in [0.25, 0.3) is 0 Å². The van der Waals surface area contributed by atoms with Crippen LogP contribution in [0.3, 0.4) is 0 Å². The minimum absolute atomic E-state index is 0.0687. The smallest absolute Gasteiger partial charge is 0.152 e. The number of furan rings is 1. The predicted molar refractivity (Wildman–Crippen MR) is 256 cm³/mol. The predicted octanol–water partition coefficient (Wildman–Crippen LogP) is 16.6. The van der Waals surface area contributed by atoms with E-state index in [1.807, 2.05) is 0 Å². The molecule has 7 aromatic carbocycles. The van der Waals surface area contributed by atoms with Crippen molar-refractivity contribution in [2.24, 2.45) is 0 Å². The fourth-order valence-electron chi connectivity index (χ4n) is 11.3. The Bertz CT molecular complexity index is 3070. The Morgan fingerprint density at radius 2 is 1.23 bits per heavy atom. The molecule has 8 aromatic rings. The van der Waals surface area contributed by atoms with Crippen LogP contribution >= 0.6 is 0 Å². The maximum absolute atomic E-state index is 7.12. The summed E-state index contributed by atoms with van der Waals surface area (Å²) in [5, 5.41) is 2.27. The van der Waals surface area contributed by atoms with Crippen LogP contribution in [0.2, 0.25) is 0 Å². The number of fused-ring (bicyclic) bond motifs is 9. The first kappa shape index (κ1) is 37.9. The molecule has 0 unspecified atom stereocenters. The van der Waals surface area contributed by atoms with Crippen LogP contribution in [0.25, 0.3) is 55.3 Å². The van der Waals surface area contributed by atoms with Crippen molar-refractivity contribution in [2.45, 2.75) is 110 Å². The van der Waals surface area contributed by atoms with E-state index < -0.39 is 0 Å². The summed E-state index contributed by atoms with van der Waals surface area (Å²) in [6.07, 6.45) is 6.34. The first-order chi connectivity index (χ1) is 29.3. The SMILES string of the molecule is Cc1ccc(N(c2ccc3c(c2)C(C)(C)c2ccccc2-3)c2ccc3c(c2)C(C)(C)c2cc(C(C)(C)C)ccc2-3)c(-c2c#ccc3c2oc2c(C4CCCCC4)cccc23)c1. The van der Waals surface area contributed by atoms with Crippen molar-refractivity contribution in [3.63, 3.8) is 0 Å². The highest BCUT2D eigenvalue weighted by Gasteiger charge is 2.39. The fraction of sp³-hybridized carbons (Fsp3) is 0.288. The number of rotatable bonds is 5. The van der Waals surface area contributed by atoms with Crippen molar-refractivity contribution in [2.75, 3.05) is 4.90 Å². The summed E-state index contributed by atoms with van der Waals surface area (Å²) in [5.74, 6) is 0.532. The van der Waals surface area contributed by atoms with Gasteiger partial charge in [0.15, 0.2) is 5.58 Å². The molecular weight excluding hydrogens is 739 g/mol. The molecule has 3 aliphatic carbocycles. The van der Waals surface area contributed by atoms with Crippen LogP contribution in [0.5, 0.6) is 0 Å². The zero-order valence-electron chi connectivity index (χ0n) is 37.0. The summed E-state index contributed by atoms with van der Waals surface area (Å²) in [6, 6.07) is 53.2. The molecule has 0 radical (unpaired) electrons. The molecule has 2 nitrogen and oxygen atoms in total. The van der Waals surface area contributed by atoms with E-state index in [0.29, 0.717) is 5.92 Å². The van der Waals surface area contributed by atoms with Gasteiger partial charge in [-0.2, -0.15) is 0 Å². The van der Waals surface area contributed by atoms with E-state index in [1.54, 1.807) is 0 Å². The van der Waals surface area contributed by atoms with E-state index in [2.05, 4.69) is 194 Å². The number of nitrogens with zero attached hydrogens (tertiary/aromatic N) is 1. The second kappa shape index (κ2) is 13.5. The van der Waals surface area contributed by atoms with Crippen LogP contribution in [0, 0.1) is 19.1 Å². The molecule has 0 aliphatic heterocycles. The highest BCUT2D eigenvalue weighted by molar-refractivity contribution is 6.11. The topological polar surface area (TPSA) is 16.4 Å². The maximum Gasteiger partial charge on any atom is 0.152 e. The summed E-state index contributed by atoms with van der Waals surface area (Å²) in [4.78, 5) is 2.50. The third-order valence-electron chi connectivity index (χ3n) is 14.7. The lowest BCUT2D eigenvalue weighted by Gasteiger charge is -2.31. The van der Waals surface area contributed by atoms with E-state index in [9.17, 15) is 0 Å². The normalized spacial score (nSPS) is 16.3. The Kier molecular flexibility index (Phi) is 8.38.